The molecule has 0 fully saturated rings. The van der Waals surface area contributed by atoms with Crippen molar-refractivity contribution < 1.29 is 9.21 Å². The van der Waals surface area contributed by atoms with Crippen molar-refractivity contribution in [3.05, 3.63) is 81.5 Å². The number of rotatable bonds is 3. The maximum atomic E-state index is 12.4. The summed E-state index contributed by atoms with van der Waals surface area (Å²) in [6, 6.07) is 17.0. The van der Waals surface area contributed by atoms with Gasteiger partial charge in [-0.25, -0.2) is 4.98 Å². The molecule has 0 bridgehead atoms. The zero-order valence-electron chi connectivity index (χ0n) is 13.8. The van der Waals surface area contributed by atoms with Gasteiger partial charge in [-0.15, -0.1) is 11.3 Å². The van der Waals surface area contributed by atoms with Crippen LogP contribution in [0.5, 0.6) is 0 Å². The van der Waals surface area contributed by atoms with E-state index in [2.05, 4.69) is 16.4 Å². The molecule has 0 saturated heterocycles. The lowest BCUT2D eigenvalue weighted by Crippen LogP contribution is -2.14. The minimum Gasteiger partial charge on any atom is -0.451 e. The van der Waals surface area contributed by atoms with Crippen molar-refractivity contribution in [2.45, 2.75) is 0 Å². The van der Waals surface area contributed by atoms with Gasteiger partial charge in [0.2, 0.25) is 0 Å². The first-order valence-corrected chi connectivity index (χ1v) is 8.82. The van der Waals surface area contributed by atoms with Crippen LogP contribution >= 0.6 is 11.3 Å². The highest BCUT2D eigenvalue weighted by atomic mass is 32.1. The molecule has 1 N–H and O–H groups in total. The third kappa shape index (κ3) is 3.34. The third-order valence-electron chi connectivity index (χ3n) is 3.89. The molecule has 0 radical (unpaired) electrons. The number of nitriles is 1. The van der Waals surface area contributed by atoms with E-state index >= 15 is 0 Å². The summed E-state index contributed by atoms with van der Waals surface area (Å²) in [7, 11) is 0. The Kier molecular flexibility index (Phi) is 4.24. The first-order valence-electron chi connectivity index (χ1n) is 7.94. The van der Waals surface area contributed by atoms with E-state index in [1.54, 1.807) is 53.9 Å². The van der Waals surface area contributed by atoms with Crippen LogP contribution in [-0.4, -0.2) is 10.9 Å². The lowest BCUT2D eigenvalue weighted by atomic mass is 10.1. The molecule has 0 aliphatic carbocycles. The maximum absolute atomic E-state index is 12.4. The Morgan fingerprint density at radius 1 is 1.15 bits per heavy atom. The molecule has 27 heavy (non-hydrogen) atoms. The number of nitrogens with one attached hydrogen (secondary N) is 1. The van der Waals surface area contributed by atoms with Crippen LogP contribution in [-0.2, 0) is 0 Å². The van der Waals surface area contributed by atoms with Crippen LogP contribution in [0.15, 0.2) is 69.2 Å². The number of amides is 1. The number of nitrogens with zero attached hydrogens (tertiary/aromatic N) is 2. The van der Waals surface area contributed by atoms with Gasteiger partial charge in [0.25, 0.3) is 5.91 Å². The van der Waals surface area contributed by atoms with E-state index in [0.717, 1.165) is 5.56 Å². The minimum absolute atomic E-state index is 0.0752. The molecule has 2 aromatic carbocycles. The quantitative estimate of drug-likeness (QED) is 0.585. The van der Waals surface area contributed by atoms with Crippen LogP contribution in [0.4, 0.5) is 5.13 Å². The normalized spacial score (nSPS) is 10.5. The Morgan fingerprint density at radius 3 is 2.70 bits per heavy atom. The Hall–Kier alpha value is -3.76. The molecule has 7 heteroatoms. The van der Waals surface area contributed by atoms with Crippen LogP contribution < -0.4 is 10.7 Å². The fourth-order valence-electron chi connectivity index (χ4n) is 2.55. The number of para-hydroxylation sites is 1. The molecule has 4 rings (SSSR count). The summed E-state index contributed by atoms with van der Waals surface area (Å²) in [5, 5.41) is 14.1. The lowest BCUT2D eigenvalue weighted by molar-refractivity contribution is 0.0997. The molecule has 0 aliphatic heterocycles. The van der Waals surface area contributed by atoms with Crippen LogP contribution in [0.1, 0.15) is 16.1 Å². The highest BCUT2D eigenvalue weighted by molar-refractivity contribution is 7.14. The number of carbonyl (C=O) groups is 1. The summed E-state index contributed by atoms with van der Waals surface area (Å²) in [5.41, 5.74) is 2.16. The largest absolute Gasteiger partial charge is 0.451 e. The van der Waals surface area contributed by atoms with Crippen molar-refractivity contribution in [3.63, 3.8) is 0 Å². The van der Waals surface area contributed by atoms with E-state index in [1.165, 1.54) is 17.4 Å². The van der Waals surface area contributed by atoms with Gasteiger partial charge in [0.15, 0.2) is 16.3 Å². The highest BCUT2D eigenvalue weighted by Gasteiger charge is 2.14. The summed E-state index contributed by atoms with van der Waals surface area (Å²) in [5.74, 6) is -0.618. The number of aromatic nitrogens is 1. The zero-order valence-corrected chi connectivity index (χ0v) is 14.6. The summed E-state index contributed by atoms with van der Waals surface area (Å²) in [6.07, 6.45) is 0. The monoisotopic (exact) mass is 373 g/mol. The number of benzene rings is 2. The first-order chi connectivity index (χ1) is 13.1. The molecule has 6 nitrogen and oxygen atoms in total. The van der Waals surface area contributed by atoms with Gasteiger partial charge in [-0.2, -0.15) is 5.26 Å². The van der Waals surface area contributed by atoms with E-state index in [1.807, 2.05) is 0 Å². The molecule has 2 heterocycles. The molecule has 130 valence electrons. The Bertz CT molecular complexity index is 1250. The van der Waals surface area contributed by atoms with Crippen LogP contribution in [0.2, 0.25) is 0 Å². The summed E-state index contributed by atoms with van der Waals surface area (Å²) < 4.78 is 5.53. The van der Waals surface area contributed by atoms with Gasteiger partial charge in [0, 0.05) is 17.0 Å². The number of carbonyl (C=O) groups excluding carboxylic acids is 1. The molecule has 2 aromatic heterocycles. The van der Waals surface area contributed by atoms with Gasteiger partial charge in [-0.1, -0.05) is 24.3 Å². The van der Waals surface area contributed by atoms with Gasteiger partial charge in [0.05, 0.1) is 22.7 Å². The molecule has 0 unspecified atom stereocenters. The Balaban J connectivity index is 1.58. The maximum Gasteiger partial charge on any atom is 0.293 e. The minimum atomic E-state index is -0.543. The van der Waals surface area contributed by atoms with Gasteiger partial charge in [-0.05, 0) is 24.3 Å². The average molecular weight is 373 g/mol. The van der Waals surface area contributed by atoms with Gasteiger partial charge in [0.1, 0.15) is 5.58 Å². The van der Waals surface area contributed by atoms with Crippen molar-refractivity contribution in [2.24, 2.45) is 0 Å². The van der Waals surface area contributed by atoms with Crippen molar-refractivity contribution >= 4 is 33.3 Å². The Labute approximate surface area is 157 Å². The number of fused-ring (bicyclic) bond motifs is 1. The van der Waals surface area contributed by atoms with Crippen LogP contribution in [0.25, 0.3) is 22.2 Å². The fourth-order valence-corrected chi connectivity index (χ4v) is 3.27. The average Bonchev–Trinajstić information content (AvgIpc) is 3.16. The fraction of sp³-hybridized carbons (Fsp3) is 0. The zero-order chi connectivity index (χ0) is 18.8. The predicted octanol–water partition coefficient (Wildman–Crippen LogP) is 4.04. The second-order valence-corrected chi connectivity index (χ2v) is 6.51. The smallest absolute Gasteiger partial charge is 0.293 e. The molecule has 0 atom stereocenters. The van der Waals surface area contributed by atoms with Gasteiger partial charge < -0.3 is 4.42 Å². The topological polar surface area (TPSA) is 96.0 Å². The highest BCUT2D eigenvalue weighted by Crippen LogP contribution is 2.25. The van der Waals surface area contributed by atoms with Crippen LogP contribution in [0.3, 0.4) is 0 Å². The molecular formula is C20H11N3O3S. The van der Waals surface area contributed by atoms with E-state index in [0.29, 0.717) is 27.4 Å². The molecule has 0 aliphatic rings. The summed E-state index contributed by atoms with van der Waals surface area (Å²) >= 11 is 1.26. The second kappa shape index (κ2) is 6.86. The van der Waals surface area contributed by atoms with E-state index in [4.69, 9.17) is 9.68 Å². The SMILES string of the molecule is N#Cc1ccc(-c2csc(NC(=O)c3cc(=O)c4ccccc4o3)n2)cc1. The van der Waals surface area contributed by atoms with Crippen molar-refractivity contribution in [2.75, 3.05) is 5.32 Å². The number of thiazole rings is 1. The third-order valence-corrected chi connectivity index (χ3v) is 4.65. The number of hydrogen-bond acceptors (Lipinski definition) is 6. The van der Waals surface area contributed by atoms with Crippen molar-refractivity contribution in [3.8, 4) is 17.3 Å². The van der Waals surface area contributed by atoms with E-state index < -0.39 is 5.91 Å². The molecule has 0 spiro atoms. The lowest BCUT2D eigenvalue weighted by Gasteiger charge is -2.02. The summed E-state index contributed by atoms with van der Waals surface area (Å²) in [4.78, 5) is 28.9. The van der Waals surface area contributed by atoms with E-state index in [9.17, 15) is 9.59 Å². The summed E-state index contributed by atoms with van der Waals surface area (Å²) in [6.45, 7) is 0. The second-order valence-electron chi connectivity index (χ2n) is 5.65. The van der Waals surface area contributed by atoms with E-state index in [-0.39, 0.29) is 11.2 Å². The Morgan fingerprint density at radius 2 is 1.93 bits per heavy atom. The van der Waals surface area contributed by atoms with Crippen LogP contribution in [0, 0.1) is 11.3 Å². The molecule has 4 aromatic rings. The predicted molar refractivity (Wildman–Crippen MR) is 103 cm³/mol. The van der Waals surface area contributed by atoms with Crippen molar-refractivity contribution in [1.29, 1.82) is 5.26 Å². The molecular weight excluding hydrogens is 362 g/mol. The van der Waals surface area contributed by atoms with Crippen molar-refractivity contribution in [1.82, 2.24) is 4.98 Å². The number of anilines is 1. The van der Waals surface area contributed by atoms with Gasteiger partial charge >= 0.3 is 0 Å². The first kappa shape index (κ1) is 16.7. The molecule has 0 saturated carbocycles. The standard InChI is InChI=1S/C20H11N3O3S/c21-10-12-5-7-13(8-6-12)15-11-27-20(22-15)23-19(25)18-9-16(24)14-3-1-2-4-17(14)26-18/h1-9,11H,(H,22,23,25). The molecule has 1 amide bonds. The van der Waals surface area contributed by atoms with Gasteiger partial charge in [-0.3, -0.25) is 14.9 Å². The number of hydrogen-bond donors (Lipinski definition) is 1.